The van der Waals surface area contributed by atoms with Crippen molar-refractivity contribution >= 4 is 16.9 Å². The molecule has 0 bridgehead atoms. The van der Waals surface area contributed by atoms with Crippen LogP contribution in [0.2, 0.25) is 0 Å². The Balaban J connectivity index is 0.953. The first-order valence-corrected chi connectivity index (χ1v) is 21.2. The van der Waals surface area contributed by atoms with Crippen LogP contribution >= 0.6 is 0 Å². The maximum Gasteiger partial charge on any atom is 0.0388 e. The number of hydrogen-bond donors (Lipinski definition) is 2. The van der Waals surface area contributed by atoms with Crippen LogP contribution in [-0.2, 0) is 5.41 Å². The second-order valence-electron chi connectivity index (χ2n) is 16.5. The average molecular weight is 701 g/mol. The van der Waals surface area contributed by atoms with E-state index in [0.717, 1.165) is 31.6 Å². The summed E-state index contributed by atoms with van der Waals surface area (Å²) in [5, 5.41) is 7.63. The van der Waals surface area contributed by atoms with Crippen molar-refractivity contribution in [2.45, 2.75) is 128 Å². The van der Waals surface area contributed by atoms with Crippen LogP contribution in [0.5, 0.6) is 0 Å². The van der Waals surface area contributed by atoms with E-state index in [9.17, 15) is 0 Å². The first kappa shape index (κ1) is 35.7. The minimum absolute atomic E-state index is 0.126. The lowest BCUT2D eigenvalue weighted by Gasteiger charge is -2.33. The van der Waals surface area contributed by atoms with E-state index in [1.165, 1.54) is 140 Å². The highest BCUT2D eigenvalue weighted by Gasteiger charge is 2.42. The second kappa shape index (κ2) is 16.4. The van der Waals surface area contributed by atoms with Crippen LogP contribution in [-0.4, -0.2) is 0 Å². The molecule has 53 heavy (non-hydrogen) atoms. The Morgan fingerprint density at radius 1 is 0.604 bits per heavy atom. The number of fused-ring (bicyclic) bond motifs is 4. The Bertz CT molecular complexity index is 1980. The van der Waals surface area contributed by atoms with Crippen molar-refractivity contribution in [2.24, 2.45) is 5.92 Å². The Hall–Kier alpha value is -4.30. The molecule has 0 aliphatic heterocycles. The average Bonchev–Trinajstić information content (AvgIpc) is 3.45. The number of anilines is 2. The molecule has 5 aliphatic rings. The molecule has 1 unspecified atom stereocenters. The van der Waals surface area contributed by atoms with Gasteiger partial charge in [-0.25, -0.2) is 0 Å². The highest BCUT2D eigenvalue weighted by atomic mass is 14.9. The Morgan fingerprint density at radius 2 is 1.28 bits per heavy atom. The van der Waals surface area contributed by atoms with Gasteiger partial charge in [0.05, 0.1) is 0 Å². The minimum atomic E-state index is 0.126. The first-order chi connectivity index (χ1) is 26.1. The summed E-state index contributed by atoms with van der Waals surface area (Å²) in [7, 11) is 0. The number of hydrogen-bond acceptors (Lipinski definition) is 2. The van der Waals surface area contributed by atoms with E-state index in [4.69, 9.17) is 0 Å². The molecule has 0 aromatic heterocycles. The van der Waals surface area contributed by atoms with Crippen molar-refractivity contribution in [3.63, 3.8) is 0 Å². The molecular formula is C51H60N2. The topological polar surface area (TPSA) is 24.1 Å². The molecule has 0 radical (unpaired) electrons. The Kier molecular flexibility index (Phi) is 11.0. The lowest BCUT2D eigenvalue weighted by Crippen LogP contribution is -2.25. The summed E-state index contributed by atoms with van der Waals surface area (Å²) in [6, 6.07) is 25.6. The fraction of sp³-hybridized carbons (Fsp3) is 0.412. The molecule has 1 atom stereocenters. The number of rotatable bonds is 16. The number of allylic oxidation sites excluding steroid dienone is 12. The third-order valence-corrected chi connectivity index (χ3v) is 13.0. The highest BCUT2D eigenvalue weighted by Crippen LogP contribution is 2.55. The van der Waals surface area contributed by atoms with E-state index < -0.39 is 0 Å². The zero-order valence-electron chi connectivity index (χ0n) is 32.4. The maximum absolute atomic E-state index is 3.89. The fourth-order valence-corrected chi connectivity index (χ4v) is 9.77. The summed E-state index contributed by atoms with van der Waals surface area (Å²) < 4.78 is 0. The molecule has 1 fully saturated rings. The van der Waals surface area contributed by atoms with Crippen molar-refractivity contribution in [3.05, 3.63) is 148 Å². The summed E-state index contributed by atoms with van der Waals surface area (Å²) in [5.41, 5.74) is 18.6. The lowest BCUT2D eigenvalue weighted by atomic mass is 9.70. The molecule has 274 valence electrons. The largest absolute Gasteiger partial charge is 0.359 e. The van der Waals surface area contributed by atoms with Crippen LogP contribution in [0.1, 0.15) is 140 Å². The standard InChI is InChI=1S/C51H60N2/c1-3-5-7-11-32-51(33-12-8-6-4-2)49-17-10-9-16-47(49)48-31-30-46(36-50(48)51)53-44-28-24-38(25-29-44)37-22-26-43(27-23-37)52-45-15-13-14-40(35-45)42-21-19-39-18-20-41(39)34-42/h9-10,13-17,21-22,24,26,28,30-31,34-36,39,52-53H,3-8,11-12,18-20,23,25,27,29,32-33H2,1-2H3. The molecule has 2 N–H and O–H groups in total. The predicted molar refractivity (Wildman–Crippen MR) is 228 cm³/mol. The molecule has 3 aromatic rings. The van der Waals surface area contributed by atoms with Gasteiger partial charge >= 0.3 is 0 Å². The fourth-order valence-electron chi connectivity index (χ4n) is 9.77. The molecule has 3 aromatic carbocycles. The number of unbranched alkanes of at least 4 members (excludes halogenated alkanes) is 6. The van der Waals surface area contributed by atoms with Gasteiger partial charge in [0.15, 0.2) is 0 Å². The highest BCUT2D eigenvalue weighted by molar-refractivity contribution is 5.83. The van der Waals surface area contributed by atoms with Gasteiger partial charge in [-0.3, -0.25) is 0 Å². The molecule has 0 heterocycles. The van der Waals surface area contributed by atoms with E-state index in [2.05, 4.69) is 128 Å². The molecular weight excluding hydrogens is 641 g/mol. The van der Waals surface area contributed by atoms with Gasteiger partial charge in [-0.2, -0.15) is 0 Å². The molecule has 1 saturated carbocycles. The smallest absolute Gasteiger partial charge is 0.0388 e. The van der Waals surface area contributed by atoms with Crippen LogP contribution < -0.4 is 10.6 Å². The van der Waals surface area contributed by atoms with Crippen molar-refractivity contribution < 1.29 is 0 Å². The van der Waals surface area contributed by atoms with Gasteiger partial charge in [0.2, 0.25) is 0 Å². The number of benzene rings is 3. The molecule has 5 aliphatic carbocycles. The van der Waals surface area contributed by atoms with E-state index in [1.807, 2.05) is 0 Å². The quantitative estimate of drug-likeness (QED) is 0.145. The molecule has 2 nitrogen and oxygen atoms in total. The Morgan fingerprint density at radius 3 is 1.91 bits per heavy atom. The zero-order valence-corrected chi connectivity index (χ0v) is 32.4. The van der Waals surface area contributed by atoms with Crippen LogP contribution in [0.3, 0.4) is 0 Å². The van der Waals surface area contributed by atoms with Crippen LogP contribution in [0.4, 0.5) is 11.4 Å². The summed E-state index contributed by atoms with van der Waals surface area (Å²) in [4.78, 5) is 0. The summed E-state index contributed by atoms with van der Waals surface area (Å²) in [6.07, 6.45) is 35.4. The van der Waals surface area contributed by atoms with Gasteiger partial charge in [0, 0.05) is 28.2 Å². The lowest BCUT2D eigenvalue weighted by molar-refractivity contribution is 0.401. The van der Waals surface area contributed by atoms with Crippen molar-refractivity contribution in [3.8, 4) is 11.1 Å². The van der Waals surface area contributed by atoms with Gasteiger partial charge in [-0.05, 0) is 145 Å². The van der Waals surface area contributed by atoms with Gasteiger partial charge in [-0.1, -0.05) is 138 Å². The monoisotopic (exact) mass is 700 g/mol. The van der Waals surface area contributed by atoms with Crippen LogP contribution in [0.25, 0.3) is 16.7 Å². The van der Waals surface area contributed by atoms with Crippen molar-refractivity contribution in [1.29, 1.82) is 0 Å². The van der Waals surface area contributed by atoms with Gasteiger partial charge in [-0.15, -0.1) is 0 Å². The van der Waals surface area contributed by atoms with Crippen LogP contribution in [0, 0.1) is 5.92 Å². The third-order valence-electron chi connectivity index (χ3n) is 13.0. The first-order valence-electron chi connectivity index (χ1n) is 21.2. The zero-order chi connectivity index (χ0) is 36.0. The normalized spacial score (nSPS) is 19.6. The second-order valence-corrected chi connectivity index (χ2v) is 16.5. The third kappa shape index (κ3) is 7.71. The summed E-state index contributed by atoms with van der Waals surface area (Å²) in [6.45, 7) is 4.65. The van der Waals surface area contributed by atoms with Gasteiger partial charge in [0.25, 0.3) is 0 Å². The van der Waals surface area contributed by atoms with Crippen molar-refractivity contribution in [2.75, 3.05) is 10.6 Å². The molecule has 0 saturated heterocycles. The SMILES string of the molecule is CCCCCCC1(CCCCCC)c2ccccc2-c2ccc(NC3=CC=C(C4=CC=C(Nc5cccc(C6=CCC7CCC7=C6)c5)CC4)CC3)cc21. The van der Waals surface area contributed by atoms with Gasteiger partial charge in [0.1, 0.15) is 0 Å². The predicted octanol–water partition coefficient (Wildman–Crippen LogP) is 14.7. The maximum atomic E-state index is 3.89. The summed E-state index contributed by atoms with van der Waals surface area (Å²) >= 11 is 0. The summed E-state index contributed by atoms with van der Waals surface area (Å²) in [5.74, 6) is 0.824. The molecule has 8 rings (SSSR count). The minimum Gasteiger partial charge on any atom is -0.359 e. The molecule has 0 spiro atoms. The van der Waals surface area contributed by atoms with Gasteiger partial charge < -0.3 is 10.6 Å². The van der Waals surface area contributed by atoms with E-state index >= 15 is 0 Å². The molecule has 0 amide bonds. The Labute approximate surface area is 320 Å². The van der Waals surface area contributed by atoms with E-state index in [-0.39, 0.29) is 5.41 Å². The van der Waals surface area contributed by atoms with Crippen LogP contribution in [0.15, 0.2) is 131 Å². The van der Waals surface area contributed by atoms with E-state index in [1.54, 1.807) is 16.7 Å². The van der Waals surface area contributed by atoms with E-state index in [0.29, 0.717) is 0 Å². The molecule has 2 heteroatoms. The van der Waals surface area contributed by atoms with Crippen molar-refractivity contribution in [1.82, 2.24) is 0 Å². The number of nitrogens with one attached hydrogen (secondary N) is 2.